The third-order valence-electron chi connectivity index (χ3n) is 3.54. The van der Waals surface area contributed by atoms with Crippen LogP contribution in [-0.4, -0.2) is 26.9 Å². The Bertz CT molecular complexity index is 966. The minimum absolute atomic E-state index is 0.298. The average molecular weight is 397 g/mol. The molecule has 0 atom stereocenters. The van der Waals surface area contributed by atoms with E-state index in [4.69, 9.17) is 4.74 Å². The van der Waals surface area contributed by atoms with Crippen LogP contribution < -0.4 is 15.4 Å². The lowest BCUT2D eigenvalue weighted by Crippen LogP contribution is -2.41. The first-order chi connectivity index (χ1) is 13.3. The fraction of sp³-hybridized carbons (Fsp3) is 0.211. The molecule has 0 saturated heterocycles. The van der Waals surface area contributed by atoms with Crippen molar-refractivity contribution in [2.24, 2.45) is 5.41 Å². The maximum Gasteiger partial charge on any atom is 0.327 e. The van der Waals surface area contributed by atoms with E-state index in [1.807, 2.05) is 6.07 Å². The van der Waals surface area contributed by atoms with Gasteiger partial charge in [0.05, 0.1) is 22.3 Å². The number of nitrogens with one attached hydrogen (secondary N) is 2. The zero-order valence-corrected chi connectivity index (χ0v) is 16.4. The monoisotopic (exact) mass is 397 g/mol. The molecule has 0 radical (unpaired) electrons. The van der Waals surface area contributed by atoms with E-state index in [1.54, 1.807) is 56.9 Å². The van der Waals surface area contributed by atoms with Crippen molar-refractivity contribution >= 4 is 29.1 Å². The predicted octanol–water partition coefficient (Wildman–Crippen LogP) is 4.09. The van der Waals surface area contributed by atoms with E-state index >= 15 is 0 Å². The Kier molecular flexibility index (Phi) is 5.65. The minimum Gasteiger partial charge on any atom is -0.456 e. The van der Waals surface area contributed by atoms with Crippen LogP contribution in [0.1, 0.15) is 20.8 Å². The van der Waals surface area contributed by atoms with Crippen LogP contribution in [0.2, 0.25) is 0 Å². The summed E-state index contributed by atoms with van der Waals surface area (Å²) in [6.07, 6.45) is 4.88. The number of anilines is 1. The highest BCUT2D eigenvalue weighted by Gasteiger charge is 2.23. The van der Waals surface area contributed by atoms with Gasteiger partial charge in [-0.2, -0.15) is 0 Å². The summed E-state index contributed by atoms with van der Waals surface area (Å²) in [6, 6.07) is 6.17. The number of carbonyl (C=O) groups excluding carboxylic acids is 2. The predicted molar refractivity (Wildman–Crippen MR) is 106 cm³/mol. The van der Waals surface area contributed by atoms with Crippen LogP contribution in [0.15, 0.2) is 48.4 Å². The van der Waals surface area contributed by atoms with Gasteiger partial charge in [0.25, 0.3) is 0 Å². The van der Waals surface area contributed by atoms with Gasteiger partial charge in [0.15, 0.2) is 0 Å². The first-order valence-electron chi connectivity index (χ1n) is 8.42. The third-order valence-corrected chi connectivity index (χ3v) is 4.33. The standard InChI is InChI=1S/C19H19N5O3S/c1-19(2,3)17(25)24-18(26)23-16-5-4-13(9-22-16)27-12-6-7-21-14(8-12)15-10-20-11-28-15/h4-11H,1-3H3,(H2,22,23,24,25,26). The molecule has 28 heavy (non-hydrogen) atoms. The molecule has 144 valence electrons. The van der Waals surface area contributed by atoms with Gasteiger partial charge in [-0.3, -0.25) is 25.4 Å². The van der Waals surface area contributed by atoms with Crippen LogP contribution in [0.4, 0.5) is 10.6 Å². The van der Waals surface area contributed by atoms with Crippen LogP contribution in [-0.2, 0) is 4.79 Å². The number of hydrogen-bond donors (Lipinski definition) is 2. The molecule has 0 spiro atoms. The molecule has 0 aliphatic heterocycles. The minimum atomic E-state index is -0.662. The highest BCUT2D eigenvalue weighted by molar-refractivity contribution is 7.13. The Morgan fingerprint density at radius 1 is 1.07 bits per heavy atom. The number of rotatable bonds is 4. The number of pyridine rings is 2. The molecule has 0 bridgehead atoms. The van der Waals surface area contributed by atoms with Gasteiger partial charge >= 0.3 is 6.03 Å². The molecule has 2 N–H and O–H groups in total. The lowest BCUT2D eigenvalue weighted by Gasteiger charge is -2.16. The van der Waals surface area contributed by atoms with E-state index in [-0.39, 0.29) is 5.91 Å². The third kappa shape index (κ3) is 5.10. The number of urea groups is 1. The molecule has 0 aliphatic rings. The summed E-state index contributed by atoms with van der Waals surface area (Å²) in [7, 11) is 0. The summed E-state index contributed by atoms with van der Waals surface area (Å²) in [4.78, 5) is 37.1. The van der Waals surface area contributed by atoms with E-state index in [9.17, 15) is 9.59 Å². The van der Waals surface area contributed by atoms with Crippen molar-refractivity contribution in [1.29, 1.82) is 0 Å². The van der Waals surface area contributed by atoms with Crippen molar-refractivity contribution in [3.8, 4) is 22.1 Å². The van der Waals surface area contributed by atoms with Crippen LogP contribution in [0.3, 0.4) is 0 Å². The van der Waals surface area contributed by atoms with Gasteiger partial charge in [0.1, 0.15) is 17.3 Å². The Labute approximate surface area is 166 Å². The molecule has 8 nitrogen and oxygen atoms in total. The van der Waals surface area contributed by atoms with Crippen molar-refractivity contribution in [2.75, 3.05) is 5.32 Å². The quantitative estimate of drug-likeness (QED) is 0.687. The smallest absolute Gasteiger partial charge is 0.327 e. The molecule has 3 rings (SSSR count). The largest absolute Gasteiger partial charge is 0.456 e. The molecule has 3 aromatic rings. The lowest BCUT2D eigenvalue weighted by molar-refractivity contribution is -0.127. The highest BCUT2D eigenvalue weighted by atomic mass is 32.1. The molecule has 0 unspecified atom stereocenters. The van der Waals surface area contributed by atoms with E-state index in [0.29, 0.717) is 17.3 Å². The van der Waals surface area contributed by atoms with E-state index < -0.39 is 11.4 Å². The molecule has 0 aromatic carbocycles. The summed E-state index contributed by atoms with van der Waals surface area (Å²) in [5, 5.41) is 4.78. The zero-order chi connectivity index (χ0) is 20.1. The number of ether oxygens (including phenoxy) is 1. The molecular formula is C19H19N5O3S. The van der Waals surface area contributed by atoms with E-state index in [2.05, 4.69) is 25.6 Å². The molecule has 9 heteroatoms. The second-order valence-electron chi connectivity index (χ2n) is 6.88. The van der Waals surface area contributed by atoms with Crippen molar-refractivity contribution in [1.82, 2.24) is 20.3 Å². The van der Waals surface area contributed by atoms with Crippen molar-refractivity contribution in [3.05, 3.63) is 48.4 Å². The van der Waals surface area contributed by atoms with Crippen LogP contribution >= 0.6 is 11.3 Å². The van der Waals surface area contributed by atoms with Gasteiger partial charge in [-0.05, 0) is 18.2 Å². The number of carbonyl (C=O) groups is 2. The Morgan fingerprint density at radius 3 is 2.54 bits per heavy atom. The Balaban J connectivity index is 1.61. The number of thiazole rings is 1. The molecular weight excluding hydrogens is 378 g/mol. The Morgan fingerprint density at radius 2 is 1.89 bits per heavy atom. The summed E-state index contributed by atoms with van der Waals surface area (Å²) in [5.74, 6) is 1.03. The van der Waals surface area contributed by atoms with Gasteiger partial charge in [-0.15, -0.1) is 11.3 Å². The number of imide groups is 1. The maximum atomic E-state index is 11.9. The fourth-order valence-corrected chi connectivity index (χ4v) is 2.63. The topological polar surface area (TPSA) is 106 Å². The van der Waals surface area contributed by atoms with E-state index in [1.165, 1.54) is 17.5 Å². The molecule has 3 aromatic heterocycles. The lowest BCUT2D eigenvalue weighted by atomic mass is 9.96. The van der Waals surface area contributed by atoms with Crippen LogP contribution in [0, 0.1) is 5.41 Å². The summed E-state index contributed by atoms with van der Waals surface area (Å²) >= 11 is 1.49. The van der Waals surface area contributed by atoms with Crippen molar-refractivity contribution < 1.29 is 14.3 Å². The normalized spacial score (nSPS) is 11.0. The van der Waals surface area contributed by atoms with Crippen molar-refractivity contribution in [3.63, 3.8) is 0 Å². The van der Waals surface area contributed by atoms with Gasteiger partial charge in [-0.1, -0.05) is 20.8 Å². The fourth-order valence-electron chi connectivity index (χ4n) is 2.04. The molecule has 3 amide bonds. The molecule has 3 heterocycles. The van der Waals surface area contributed by atoms with Gasteiger partial charge in [0.2, 0.25) is 5.91 Å². The molecule has 0 fully saturated rings. The van der Waals surface area contributed by atoms with Gasteiger partial charge < -0.3 is 4.74 Å². The Hall–Kier alpha value is -3.33. The maximum absolute atomic E-state index is 11.9. The average Bonchev–Trinajstić information content (AvgIpc) is 3.17. The summed E-state index contributed by atoms with van der Waals surface area (Å²) < 4.78 is 5.79. The highest BCUT2D eigenvalue weighted by Crippen LogP contribution is 2.27. The number of aromatic nitrogens is 3. The second-order valence-corrected chi connectivity index (χ2v) is 7.77. The van der Waals surface area contributed by atoms with Crippen LogP contribution in [0.25, 0.3) is 10.6 Å². The number of amides is 3. The first-order valence-corrected chi connectivity index (χ1v) is 9.30. The number of nitrogens with zero attached hydrogens (tertiary/aromatic N) is 3. The second kappa shape index (κ2) is 8.13. The first kappa shape index (κ1) is 19.4. The zero-order valence-electron chi connectivity index (χ0n) is 15.6. The summed E-state index contributed by atoms with van der Waals surface area (Å²) in [6.45, 7) is 5.17. The van der Waals surface area contributed by atoms with Gasteiger partial charge in [0, 0.05) is 23.9 Å². The molecule has 0 saturated carbocycles. The SMILES string of the molecule is CC(C)(C)C(=O)NC(=O)Nc1ccc(Oc2ccnc(-c3cncs3)c2)cn1. The molecule has 0 aliphatic carbocycles. The van der Waals surface area contributed by atoms with Crippen molar-refractivity contribution in [2.45, 2.75) is 20.8 Å². The van der Waals surface area contributed by atoms with E-state index in [0.717, 1.165) is 10.6 Å². The number of hydrogen-bond acceptors (Lipinski definition) is 7. The van der Waals surface area contributed by atoms with Crippen LogP contribution in [0.5, 0.6) is 11.5 Å². The van der Waals surface area contributed by atoms with Gasteiger partial charge in [-0.25, -0.2) is 9.78 Å². The summed E-state index contributed by atoms with van der Waals surface area (Å²) in [5.41, 5.74) is 1.85.